The van der Waals surface area contributed by atoms with Crippen molar-refractivity contribution in [2.45, 2.75) is 24.9 Å². The number of ether oxygens (including phenoxy) is 2. The van der Waals surface area contributed by atoms with E-state index in [1.54, 1.807) is 12.3 Å². The molecule has 1 aromatic heterocycles. The zero-order chi connectivity index (χ0) is 13.8. The summed E-state index contributed by atoms with van der Waals surface area (Å²) in [5.41, 5.74) is -0.669. The second-order valence-electron chi connectivity index (χ2n) is 5.08. The van der Waals surface area contributed by atoms with Gasteiger partial charge in [0.25, 0.3) is 0 Å². The van der Waals surface area contributed by atoms with E-state index in [9.17, 15) is 5.11 Å². The average molecular weight is 271 g/mol. The van der Waals surface area contributed by atoms with Crippen LogP contribution in [0.15, 0.2) is 48.7 Å². The lowest BCUT2D eigenvalue weighted by atomic mass is 9.81. The van der Waals surface area contributed by atoms with Crippen LogP contribution in [0.25, 0.3) is 0 Å². The molecule has 0 bridgehead atoms. The highest BCUT2D eigenvalue weighted by atomic mass is 16.5. The van der Waals surface area contributed by atoms with Crippen molar-refractivity contribution < 1.29 is 14.6 Å². The van der Waals surface area contributed by atoms with Crippen LogP contribution >= 0.6 is 0 Å². The molecule has 1 N–H and O–H groups in total. The van der Waals surface area contributed by atoms with E-state index in [-0.39, 0.29) is 0 Å². The number of para-hydroxylation sites is 2. The highest BCUT2D eigenvalue weighted by Crippen LogP contribution is 2.35. The molecule has 2 aromatic rings. The molecule has 104 valence electrons. The fourth-order valence-corrected chi connectivity index (χ4v) is 2.12. The van der Waals surface area contributed by atoms with Gasteiger partial charge in [-0.15, -0.1) is 0 Å². The third-order valence-electron chi connectivity index (χ3n) is 3.48. The molecular formula is C16H17NO3. The van der Waals surface area contributed by atoms with Gasteiger partial charge in [0.1, 0.15) is 6.61 Å². The van der Waals surface area contributed by atoms with Crippen molar-refractivity contribution >= 4 is 0 Å². The Labute approximate surface area is 118 Å². The molecule has 1 aliphatic rings. The Bertz CT molecular complexity index is 567. The average Bonchev–Trinajstić information content (AvgIpc) is 2.45. The van der Waals surface area contributed by atoms with E-state index in [4.69, 9.17) is 9.47 Å². The molecule has 0 radical (unpaired) electrons. The molecule has 4 heteroatoms. The standard InChI is InChI=1S/C16H17NO3/c18-16(9-5-10-16)12-19-13-6-1-2-7-14(13)20-15-8-3-4-11-17-15/h1-4,6-8,11,18H,5,9-10,12H2. The summed E-state index contributed by atoms with van der Waals surface area (Å²) in [7, 11) is 0. The highest BCUT2D eigenvalue weighted by molar-refractivity contribution is 5.41. The van der Waals surface area contributed by atoms with Crippen molar-refractivity contribution in [2.75, 3.05) is 6.61 Å². The minimum Gasteiger partial charge on any atom is -0.487 e. The van der Waals surface area contributed by atoms with Gasteiger partial charge in [-0.25, -0.2) is 4.98 Å². The second kappa shape index (κ2) is 5.51. The molecule has 4 nitrogen and oxygen atoms in total. The number of aliphatic hydroxyl groups is 1. The SMILES string of the molecule is OC1(COc2ccccc2Oc2ccccn2)CCC1. The van der Waals surface area contributed by atoms with Crippen LogP contribution in [-0.4, -0.2) is 22.3 Å². The Kier molecular flexibility index (Phi) is 3.56. The van der Waals surface area contributed by atoms with Gasteiger partial charge in [0.2, 0.25) is 5.88 Å². The Morgan fingerprint density at radius 2 is 1.80 bits per heavy atom. The van der Waals surface area contributed by atoms with Crippen molar-refractivity contribution in [1.29, 1.82) is 0 Å². The van der Waals surface area contributed by atoms with Gasteiger partial charge in [0.15, 0.2) is 11.5 Å². The first-order valence-corrected chi connectivity index (χ1v) is 6.78. The smallest absolute Gasteiger partial charge is 0.219 e. The molecule has 0 unspecified atom stereocenters. The van der Waals surface area contributed by atoms with E-state index in [1.165, 1.54) is 0 Å². The Morgan fingerprint density at radius 3 is 2.45 bits per heavy atom. The molecule has 1 heterocycles. The van der Waals surface area contributed by atoms with Crippen molar-refractivity contribution in [2.24, 2.45) is 0 Å². The Balaban J connectivity index is 1.71. The van der Waals surface area contributed by atoms with Gasteiger partial charge in [-0.1, -0.05) is 18.2 Å². The highest BCUT2D eigenvalue weighted by Gasteiger charge is 2.35. The number of nitrogens with zero attached hydrogens (tertiary/aromatic N) is 1. The lowest BCUT2D eigenvalue weighted by molar-refractivity contribution is -0.0666. The minimum absolute atomic E-state index is 0.301. The first-order valence-electron chi connectivity index (χ1n) is 6.78. The molecule has 0 spiro atoms. The van der Waals surface area contributed by atoms with Crippen LogP contribution in [0.3, 0.4) is 0 Å². The molecule has 20 heavy (non-hydrogen) atoms. The summed E-state index contributed by atoms with van der Waals surface area (Å²) in [6.07, 6.45) is 4.34. The quantitative estimate of drug-likeness (QED) is 0.907. The summed E-state index contributed by atoms with van der Waals surface area (Å²) in [5, 5.41) is 10.1. The lowest BCUT2D eigenvalue weighted by Gasteiger charge is -2.36. The van der Waals surface area contributed by atoms with E-state index in [1.807, 2.05) is 36.4 Å². The predicted molar refractivity (Wildman–Crippen MR) is 75.0 cm³/mol. The number of rotatable bonds is 5. The molecule has 0 amide bonds. The zero-order valence-electron chi connectivity index (χ0n) is 11.2. The van der Waals surface area contributed by atoms with Crippen LogP contribution in [0.4, 0.5) is 0 Å². The van der Waals surface area contributed by atoms with Crippen molar-refractivity contribution in [1.82, 2.24) is 4.98 Å². The summed E-state index contributed by atoms with van der Waals surface area (Å²) >= 11 is 0. The Morgan fingerprint density at radius 1 is 1.05 bits per heavy atom. The summed E-state index contributed by atoms with van der Waals surface area (Å²) in [5.74, 6) is 1.75. The summed E-state index contributed by atoms with van der Waals surface area (Å²) in [6, 6.07) is 12.9. The van der Waals surface area contributed by atoms with Gasteiger partial charge >= 0.3 is 0 Å². The normalized spacial score (nSPS) is 16.2. The van der Waals surface area contributed by atoms with Gasteiger partial charge in [-0.05, 0) is 37.5 Å². The largest absolute Gasteiger partial charge is 0.487 e. The number of pyridine rings is 1. The molecule has 1 aromatic carbocycles. The molecular weight excluding hydrogens is 254 g/mol. The van der Waals surface area contributed by atoms with Crippen molar-refractivity contribution in [3.8, 4) is 17.4 Å². The van der Waals surface area contributed by atoms with Crippen LogP contribution < -0.4 is 9.47 Å². The topological polar surface area (TPSA) is 51.6 Å². The minimum atomic E-state index is -0.669. The third kappa shape index (κ3) is 2.91. The fourth-order valence-electron chi connectivity index (χ4n) is 2.12. The second-order valence-corrected chi connectivity index (χ2v) is 5.08. The molecule has 0 atom stereocenters. The zero-order valence-corrected chi connectivity index (χ0v) is 11.2. The van der Waals surface area contributed by atoms with E-state index >= 15 is 0 Å². The van der Waals surface area contributed by atoms with Crippen molar-refractivity contribution in [3.63, 3.8) is 0 Å². The van der Waals surface area contributed by atoms with Crippen LogP contribution in [0.5, 0.6) is 17.4 Å². The van der Waals surface area contributed by atoms with Crippen LogP contribution in [0.2, 0.25) is 0 Å². The summed E-state index contributed by atoms with van der Waals surface area (Å²) in [4.78, 5) is 4.12. The van der Waals surface area contributed by atoms with E-state index < -0.39 is 5.60 Å². The maximum atomic E-state index is 10.1. The molecule has 0 aliphatic heterocycles. The van der Waals surface area contributed by atoms with Gasteiger partial charge in [0, 0.05) is 12.3 Å². The predicted octanol–water partition coefficient (Wildman–Crippen LogP) is 3.17. The molecule has 1 aliphatic carbocycles. The monoisotopic (exact) mass is 271 g/mol. The number of hydrogen-bond donors (Lipinski definition) is 1. The third-order valence-corrected chi connectivity index (χ3v) is 3.48. The van der Waals surface area contributed by atoms with E-state index in [2.05, 4.69) is 4.98 Å². The van der Waals surface area contributed by atoms with Gasteiger partial charge in [0.05, 0.1) is 5.60 Å². The molecule has 3 rings (SSSR count). The Hall–Kier alpha value is -2.07. The van der Waals surface area contributed by atoms with E-state index in [0.29, 0.717) is 24.0 Å². The van der Waals surface area contributed by atoms with Crippen LogP contribution in [-0.2, 0) is 0 Å². The number of aromatic nitrogens is 1. The first-order chi connectivity index (χ1) is 9.75. The van der Waals surface area contributed by atoms with Crippen molar-refractivity contribution in [3.05, 3.63) is 48.7 Å². The van der Waals surface area contributed by atoms with Crippen LogP contribution in [0.1, 0.15) is 19.3 Å². The van der Waals surface area contributed by atoms with E-state index in [0.717, 1.165) is 19.3 Å². The fraction of sp³-hybridized carbons (Fsp3) is 0.312. The maximum Gasteiger partial charge on any atom is 0.219 e. The maximum absolute atomic E-state index is 10.1. The van der Waals surface area contributed by atoms with Crippen LogP contribution in [0, 0.1) is 0 Å². The summed E-state index contributed by atoms with van der Waals surface area (Å²) in [6.45, 7) is 0.301. The molecule has 1 fully saturated rings. The number of hydrogen-bond acceptors (Lipinski definition) is 4. The van der Waals surface area contributed by atoms with Gasteiger partial charge < -0.3 is 14.6 Å². The lowest BCUT2D eigenvalue weighted by Crippen LogP contribution is -2.42. The van der Waals surface area contributed by atoms with Gasteiger partial charge in [-0.2, -0.15) is 0 Å². The van der Waals surface area contributed by atoms with Gasteiger partial charge in [-0.3, -0.25) is 0 Å². The molecule has 1 saturated carbocycles. The summed E-state index contributed by atoms with van der Waals surface area (Å²) < 4.78 is 11.4. The number of benzene rings is 1. The first kappa shape index (κ1) is 12.9. The molecule has 0 saturated heterocycles.